The van der Waals surface area contributed by atoms with Crippen LogP contribution in [0.2, 0.25) is 0 Å². The number of ether oxygens (including phenoxy) is 2. The van der Waals surface area contributed by atoms with Gasteiger partial charge in [-0.05, 0) is 43.3 Å². The lowest BCUT2D eigenvalue weighted by molar-refractivity contribution is -0.123. The van der Waals surface area contributed by atoms with Crippen LogP contribution < -0.4 is 10.1 Å². The van der Waals surface area contributed by atoms with Crippen LogP contribution in [-0.2, 0) is 9.53 Å². The van der Waals surface area contributed by atoms with Crippen molar-refractivity contribution in [1.29, 1.82) is 0 Å². The molecular weight excluding hydrogens is 286 g/mol. The van der Waals surface area contributed by atoms with Crippen LogP contribution in [0.4, 0.5) is 0 Å². The Bertz CT molecular complexity index is 618. The van der Waals surface area contributed by atoms with Gasteiger partial charge in [-0.1, -0.05) is 0 Å². The Morgan fingerprint density at radius 2 is 1.95 bits per heavy atom. The minimum atomic E-state index is -0.420. The fourth-order valence-corrected chi connectivity index (χ4v) is 1.85. The molecule has 1 amide bonds. The van der Waals surface area contributed by atoms with Crippen LogP contribution >= 0.6 is 0 Å². The summed E-state index contributed by atoms with van der Waals surface area (Å²) >= 11 is 0. The molecule has 0 radical (unpaired) electrons. The maximum absolute atomic E-state index is 11.8. The SMILES string of the molecule is COC(=O)c1ccc(OCC(=O)N[C@H](C)c2ccco2)cc1. The first-order chi connectivity index (χ1) is 10.6. The zero-order valence-electron chi connectivity index (χ0n) is 12.4. The standard InChI is InChI=1S/C16H17NO5/c1-11(14-4-3-9-21-14)17-15(18)10-22-13-7-5-12(6-8-13)16(19)20-2/h3-9,11H,10H2,1-2H3,(H,17,18)/t11-/m1/s1. The van der Waals surface area contributed by atoms with Gasteiger partial charge in [0.15, 0.2) is 6.61 Å². The predicted molar refractivity (Wildman–Crippen MR) is 78.5 cm³/mol. The van der Waals surface area contributed by atoms with E-state index < -0.39 is 5.97 Å². The van der Waals surface area contributed by atoms with E-state index in [1.54, 1.807) is 42.7 Å². The number of carbonyl (C=O) groups excluding carboxylic acids is 2. The summed E-state index contributed by atoms with van der Waals surface area (Å²) in [4.78, 5) is 23.1. The van der Waals surface area contributed by atoms with Crippen molar-refractivity contribution in [2.75, 3.05) is 13.7 Å². The topological polar surface area (TPSA) is 77.8 Å². The molecule has 0 aliphatic carbocycles. The molecule has 6 heteroatoms. The van der Waals surface area contributed by atoms with Crippen LogP contribution in [0.1, 0.15) is 29.1 Å². The van der Waals surface area contributed by atoms with Crippen molar-refractivity contribution >= 4 is 11.9 Å². The monoisotopic (exact) mass is 303 g/mol. The van der Waals surface area contributed by atoms with Gasteiger partial charge in [0.2, 0.25) is 0 Å². The Labute approximate surface area is 128 Å². The van der Waals surface area contributed by atoms with E-state index in [1.165, 1.54) is 7.11 Å². The normalized spacial score (nSPS) is 11.5. The molecule has 1 atom stereocenters. The van der Waals surface area contributed by atoms with E-state index in [4.69, 9.17) is 9.15 Å². The van der Waals surface area contributed by atoms with Gasteiger partial charge in [-0.15, -0.1) is 0 Å². The lowest BCUT2D eigenvalue weighted by Crippen LogP contribution is -2.31. The van der Waals surface area contributed by atoms with Crippen molar-refractivity contribution in [1.82, 2.24) is 5.32 Å². The van der Waals surface area contributed by atoms with Gasteiger partial charge in [-0.2, -0.15) is 0 Å². The molecule has 1 aromatic heterocycles. The summed E-state index contributed by atoms with van der Waals surface area (Å²) in [5.74, 6) is 0.488. The largest absolute Gasteiger partial charge is 0.484 e. The molecule has 0 fully saturated rings. The number of esters is 1. The van der Waals surface area contributed by atoms with Crippen LogP contribution in [0, 0.1) is 0 Å². The second-order valence-electron chi connectivity index (χ2n) is 4.61. The number of rotatable bonds is 6. The number of furan rings is 1. The Hall–Kier alpha value is -2.76. The summed E-state index contributed by atoms with van der Waals surface area (Å²) in [6, 6.07) is 9.68. The fraction of sp³-hybridized carbons (Fsp3) is 0.250. The Morgan fingerprint density at radius 1 is 1.23 bits per heavy atom. The molecule has 0 unspecified atom stereocenters. The van der Waals surface area contributed by atoms with Gasteiger partial charge in [0.1, 0.15) is 11.5 Å². The van der Waals surface area contributed by atoms with E-state index in [-0.39, 0.29) is 18.6 Å². The molecule has 2 rings (SSSR count). The van der Waals surface area contributed by atoms with Gasteiger partial charge in [-0.25, -0.2) is 4.79 Å². The Kier molecular flexibility index (Phi) is 5.19. The molecule has 1 heterocycles. The average molecular weight is 303 g/mol. The van der Waals surface area contributed by atoms with Crippen molar-refractivity contribution in [3.8, 4) is 5.75 Å². The van der Waals surface area contributed by atoms with Gasteiger partial charge < -0.3 is 19.2 Å². The lowest BCUT2D eigenvalue weighted by atomic mass is 10.2. The number of carbonyl (C=O) groups is 2. The van der Waals surface area contributed by atoms with Gasteiger partial charge in [0.25, 0.3) is 5.91 Å². The molecule has 0 saturated carbocycles. The molecule has 1 aromatic carbocycles. The average Bonchev–Trinajstić information content (AvgIpc) is 3.07. The second kappa shape index (κ2) is 7.31. The molecular formula is C16H17NO5. The van der Waals surface area contributed by atoms with Crippen LogP contribution in [0.5, 0.6) is 5.75 Å². The maximum Gasteiger partial charge on any atom is 0.337 e. The quantitative estimate of drug-likeness (QED) is 0.829. The van der Waals surface area contributed by atoms with Crippen molar-refractivity contribution in [3.05, 3.63) is 54.0 Å². The molecule has 6 nitrogen and oxygen atoms in total. The fourth-order valence-electron chi connectivity index (χ4n) is 1.85. The molecule has 1 N–H and O–H groups in total. The molecule has 2 aromatic rings. The van der Waals surface area contributed by atoms with E-state index in [2.05, 4.69) is 10.1 Å². The van der Waals surface area contributed by atoms with Crippen LogP contribution in [0.15, 0.2) is 47.1 Å². The summed E-state index contributed by atoms with van der Waals surface area (Å²) in [5.41, 5.74) is 0.422. The van der Waals surface area contributed by atoms with E-state index in [9.17, 15) is 9.59 Å². The van der Waals surface area contributed by atoms with E-state index in [0.29, 0.717) is 17.1 Å². The van der Waals surface area contributed by atoms with Gasteiger partial charge in [0, 0.05) is 0 Å². The van der Waals surface area contributed by atoms with Crippen LogP contribution in [0.25, 0.3) is 0 Å². The highest BCUT2D eigenvalue weighted by molar-refractivity contribution is 5.89. The number of hydrogen-bond donors (Lipinski definition) is 1. The minimum Gasteiger partial charge on any atom is -0.484 e. The number of hydrogen-bond acceptors (Lipinski definition) is 5. The van der Waals surface area contributed by atoms with Crippen molar-refractivity contribution in [3.63, 3.8) is 0 Å². The molecule has 0 aliphatic rings. The highest BCUT2D eigenvalue weighted by atomic mass is 16.5. The molecule has 0 spiro atoms. The molecule has 0 bridgehead atoms. The smallest absolute Gasteiger partial charge is 0.337 e. The maximum atomic E-state index is 11.8. The summed E-state index contributed by atoms with van der Waals surface area (Å²) in [7, 11) is 1.32. The number of benzene rings is 1. The van der Waals surface area contributed by atoms with Crippen molar-refractivity contribution in [2.45, 2.75) is 13.0 Å². The van der Waals surface area contributed by atoms with Gasteiger partial charge >= 0.3 is 5.97 Å². The number of methoxy groups -OCH3 is 1. The minimum absolute atomic E-state index is 0.122. The number of amides is 1. The predicted octanol–water partition coefficient (Wildman–Crippen LogP) is 2.32. The number of nitrogens with one attached hydrogen (secondary N) is 1. The molecule has 116 valence electrons. The molecule has 0 saturated heterocycles. The molecule has 22 heavy (non-hydrogen) atoms. The summed E-state index contributed by atoms with van der Waals surface area (Å²) in [6.07, 6.45) is 1.55. The zero-order valence-corrected chi connectivity index (χ0v) is 12.4. The van der Waals surface area contributed by atoms with Gasteiger partial charge in [0.05, 0.1) is 25.0 Å². The Balaban J connectivity index is 1.82. The van der Waals surface area contributed by atoms with Crippen molar-refractivity contribution < 1.29 is 23.5 Å². The third kappa shape index (κ3) is 4.12. The Morgan fingerprint density at radius 3 is 2.55 bits per heavy atom. The second-order valence-corrected chi connectivity index (χ2v) is 4.61. The first kappa shape index (κ1) is 15.6. The third-order valence-electron chi connectivity index (χ3n) is 2.99. The van der Waals surface area contributed by atoms with E-state index in [0.717, 1.165) is 0 Å². The highest BCUT2D eigenvalue weighted by Crippen LogP contribution is 2.14. The van der Waals surface area contributed by atoms with E-state index in [1.807, 2.05) is 6.92 Å². The third-order valence-corrected chi connectivity index (χ3v) is 2.99. The lowest BCUT2D eigenvalue weighted by Gasteiger charge is -2.12. The summed E-state index contributed by atoms with van der Waals surface area (Å²) in [6.45, 7) is 1.70. The van der Waals surface area contributed by atoms with Crippen LogP contribution in [-0.4, -0.2) is 25.6 Å². The van der Waals surface area contributed by atoms with Crippen molar-refractivity contribution in [2.24, 2.45) is 0 Å². The zero-order chi connectivity index (χ0) is 15.9. The summed E-state index contributed by atoms with van der Waals surface area (Å²) < 4.78 is 15.2. The summed E-state index contributed by atoms with van der Waals surface area (Å²) in [5, 5.41) is 2.76. The van der Waals surface area contributed by atoms with Crippen LogP contribution in [0.3, 0.4) is 0 Å². The van der Waals surface area contributed by atoms with Gasteiger partial charge in [-0.3, -0.25) is 4.79 Å². The highest BCUT2D eigenvalue weighted by Gasteiger charge is 2.12. The van der Waals surface area contributed by atoms with E-state index >= 15 is 0 Å². The first-order valence-corrected chi connectivity index (χ1v) is 6.74. The molecule has 0 aliphatic heterocycles. The first-order valence-electron chi connectivity index (χ1n) is 6.74.